The maximum atomic E-state index is 13.4. The van der Waals surface area contributed by atoms with Crippen LogP contribution in [0.2, 0.25) is 0 Å². The van der Waals surface area contributed by atoms with Crippen LogP contribution in [0.15, 0.2) is 78.9 Å². The zero-order valence-electron chi connectivity index (χ0n) is 22.5. The number of amides is 2. The average Bonchev–Trinajstić information content (AvgIpc) is 3.25. The van der Waals surface area contributed by atoms with Gasteiger partial charge in [-0.15, -0.1) is 0 Å². The van der Waals surface area contributed by atoms with Crippen LogP contribution in [0.5, 0.6) is 0 Å². The highest BCUT2D eigenvalue weighted by Crippen LogP contribution is 2.46. The summed E-state index contributed by atoms with van der Waals surface area (Å²) in [4.78, 5) is 51.6. The normalized spacial score (nSPS) is 13.6. The van der Waals surface area contributed by atoms with Crippen molar-refractivity contribution in [3.05, 3.63) is 95.6 Å². The SMILES string of the molecule is COC(=O)C(=O)[C@H](Cc1ccccc1)NC(=O)[C@H](CC(C)C)NC(=O)CC1c2ccccc2-c2ccccc21. The number of nitrogens with one attached hydrogen (secondary N) is 2. The third-order valence-corrected chi connectivity index (χ3v) is 7.01. The first-order valence-electron chi connectivity index (χ1n) is 13.2. The topological polar surface area (TPSA) is 102 Å². The van der Waals surface area contributed by atoms with Gasteiger partial charge in [0, 0.05) is 18.8 Å². The van der Waals surface area contributed by atoms with E-state index in [2.05, 4.69) is 27.5 Å². The fourth-order valence-electron chi connectivity index (χ4n) is 5.20. The molecule has 0 bridgehead atoms. The minimum atomic E-state index is -1.12. The van der Waals surface area contributed by atoms with Gasteiger partial charge >= 0.3 is 5.97 Å². The Balaban J connectivity index is 1.51. The Hall–Kier alpha value is -4.26. The Kier molecular flexibility index (Phi) is 8.92. The number of ether oxygens (including phenoxy) is 1. The lowest BCUT2D eigenvalue weighted by atomic mass is 9.93. The first-order chi connectivity index (χ1) is 18.8. The lowest BCUT2D eigenvalue weighted by molar-refractivity contribution is -0.153. The molecular weight excluding hydrogens is 492 g/mol. The fourth-order valence-corrected chi connectivity index (χ4v) is 5.20. The van der Waals surface area contributed by atoms with Gasteiger partial charge < -0.3 is 15.4 Å². The highest BCUT2D eigenvalue weighted by molar-refractivity contribution is 6.36. The molecule has 0 spiro atoms. The van der Waals surface area contributed by atoms with E-state index in [0.717, 1.165) is 34.9 Å². The molecule has 4 rings (SSSR count). The van der Waals surface area contributed by atoms with Crippen molar-refractivity contribution in [2.75, 3.05) is 7.11 Å². The van der Waals surface area contributed by atoms with Crippen molar-refractivity contribution in [2.45, 2.75) is 51.1 Å². The zero-order chi connectivity index (χ0) is 27.9. The van der Waals surface area contributed by atoms with Gasteiger partial charge in [0.2, 0.25) is 11.8 Å². The van der Waals surface area contributed by atoms with Crippen LogP contribution in [0.25, 0.3) is 11.1 Å². The van der Waals surface area contributed by atoms with Crippen LogP contribution in [0.4, 0.5) is 0 Å². The number of esters is 1. The Morgan fingerprint density at radius 2 is 1.33 bits per heavy atom. The molecule has 1 aliphatic carbocycles. The molecule has 1 aliphatic rings. The third kappa shape index (κ3) is 6.60. The molecule has 2 atom stereocenters. The monoisotopic (exact) mass is 526 g/mol. The predicted molar refractivity (Wildman–Crippen MR) is 149 cm³/mol. The van der Waals surface area contributed by atoms with Crippen molar-refractivity contribution >= 4 is 23.6 Å². The number of carbonyl (C=O) groups excluding carboxylic acids is 4. The van der Waals surface area contributed by atoms with Crippen LogP contribution in [0.3, 0.4) is 0 Å². The quantitative estimate of drug-likeness (QED) is 0.288. The van der Waals surface area contributed by atoms with E-state index >= 15 is 0 Å². The molecule has 0 saturated heterocycles. The van der Waals surface area contributed by atoms with Gasteiger partial charge in [0.15, 0.2) is 0 Å². The predicted octanol–water partition coefficient (Wildman–Crippen LogP) is 4.19. The van der Waals surface area contributed by atoms with Crippen molar-refractivity contribution in [3.8, 4) is 11.1 Å². The molecule has 7 heteroatoms. The number of hydrogen-bond acceptors (Lipinski definition) is 5. The van der Waals surface area contributed by atoms with Crippen LogP contribution in [0, 0.1) is 5.92 Å². The minimum Gasteiger partial charge on any atom is -0.463 e. The number of rotatable bonds is 11. The van der Waals surface area contributed by atoms with Gasteiger partial charge in [0.05, 0.1) is 7.11 Å². The van der Waals surface area contributed by atoms with E-state index in [1.165, 1.54) is 0 Å². The fraction of sp³-hybridized carbons (Fsp3) is 0.312. The lowest BCUT2D eigenvalue weighted by Crippen LogP contribution is -2.54. The number of ketones is 1. The molecule has 0 saturated carbocycles. The molecule has 3 aromatic rings. The lowest BCUT2D eigenvalue weighted by Gasteiger charge is -2.24. The van der Waals surface area contributed by atoms with E-state index < -0.39 is 29.7 Å². The highest BCUT2D eigenvalue weighted by atomic mass is 16.5. The number of benzene rings is 3. The molecule has 0 aliphatic heterocycles. The molecule has 7 nitrogen and oxygen atoms in total. The maximum Gasteiger partial charge on any atom is 0.376 e. The molecule has 0 heterocycles. The smallest absolute Gasteiger partial charge is 0.376 e. The van der Waals surface area contributed by atoms with Crippen molar-refractivity contribution in [1.29, 1.82) is 0 Å². The zero-order valence-corrected chi connectivity index (χ0v) is 22.5. The van der Waals surface area contributed by atoms with Gasteiger partial charge in [0.1, 0.15) is 12.1 Å². The average molecular weight is 527 g/mol. The number of Topliss-reactive ketones (excluding diaryl/α,β-unsaturated/α-hetero) is 1. The van der Waals surface area contributed by atoms with Gasteiger partial charge in [-0.2, -0.15) is 0 Å². The van der Waals surface area contributed by atoms with Crippen molar-refractivity contribution in [2.24, 2.45) is 5.92 Å². The minimum absolute atomic E-state index is 0.0952. The molecule has 0 aromatic heterocycles. The summed E-state index contributed by atoms with van der Waals surface area (Å²) in [5.41, 5.74) is 5.19. The standard InChI is InChI=1S/C32H34N2O5/c1-20(2)17-28(31(37)34-27(30(36)32(38)39-3)18-21-11-5-4-6-12-21)33-29(35)19-26-24-15-9-7-13-22(24)23-14-8-10-16-25(23)26/h4-16,20,26-28H,17-19H2,1-3H3,(H,33,35)(H,34,37)/t27-,28-/m0/s1. The van der Waals surface area contributed by atoms with Gasteiger partial charge in [-0.25, -0.2) is 4.79 Å². The van der Waals surface area contributed by atoms with Crippen LogP contribution in [-0.4, -0.2) is 42.8 Å². The largest absolute Gasteiger partial charge is 0.463 e. The first-order valence-corrected chi connectivity index (χ1v) is 13.2. The Morgan fingerprint density at radius 3 is 1.90 bits per heavy atom. The number of hydrogen-bond donors (Lipinski definition) is 2. The summed E-state index contributed by atoms with van der Waals surface area (Å²) in [6.07, 6.45) is 0.683. The summed E-state index contributed by atoms with van der Waals surface area (Å²) in [5, 5.41) is 5.62. The van der Waals surface area contributed by atoms with E-state index in [1.54, 1.807) is 0 Å². The summed E-state index contributed by atoms with van der Waals surface area (Å²) in [7, 11) is 1.13. The molecule has 2 N–H and O–H groups in total. The van der Waals surface area contributed by atoms with Crippen molar-refractivity contribution in [3.63, 3.8) is 0 Å². The summed E-state index contributed by atoms with van der Waals surface area (Å²) >= 11 is 0. The van der Waals surface area contributed by atoms with Crippen LogP contribution in [-0.2, 0) is 30.3 Å². The highest BCUT2D eigenvalue weighted by Gasteiger charge is 2.33. The van der Waals surface area contributed by atoms with E-state index in [-0.39, 0.29) is 30.6 Å². The molecule has 39 heavy (non-hydrogen) atoms. The van der Waals surface area contributed by atoms with Gasteiger partial charge in [-0.05, 0) is 40.2 Å². The van der Waals surface area contributed by atoms with E-state index in [0.29, 0.717) is 6.42 Å². The van der Waals surface area contributed by atoms with Gasteiger partial charge in [-0.3, -0.25) is 14.4 Å². The van der Waals surface area contributed by atoms with E-state index in [4.69, 9.17) is 0 Å². The second kappa shape index (κ2) is 12.5. The summed E-state index contributed by atoms with van der Waals surface area (Å²) in [6.45, 7) is 3.91. The molecule has 0 fully saturated rings. The van der Waals surface area contributed by atoms with Crippen molar-refractivity contribution < 1.29 is 23.9 Å². The van der Waals surface area contributed by atoms with Crippen LogP contribution < -0.4 is 10.6 Å². The Morgan fingerprint density at radius 1 is 0.769 bits per heavy atom. The number of fused-ring (bicyclic) bond motifs is 3. The second-order valence-electron chi connectivity index (χ2n) is 10.3. The number of carbonyl (C=O) groups is 4. The van der Waals surface area contributed by atoms with Crippen LogP contribution in [0.1, 0.15) is 49.3 Å². The summed E-state index contributed by atoms with van der Waals surface area (Å²) < 4.78 is 4.62. The van der Waals surface area contributed by atoms with Gasteiger partial charge in [-0.1, -0.05) is 92.7 Å². The van der Waals surface area contributed by atoms with E-state index in [1.807, 2.05) is 80.6 Å². The molecule has 3 aromatic carbocycles. The van der Waals surface area contributed by atoms with E-state index in [9.17, 15) is 19.2 Å². The van der Waals surface area contributed by atoms with Crippen molar-refractivity contribution in [1.82, 2.24) is 10.6 Å². The van der Waals surface area contributed by atoms with Crippen LogP contribution >= 0.6 is 0 Å². The second-order valence-corrected chi connectivity index (χ2v) is 10.3. The molecule has 0 radical (unpaired) electrons. The summed E-state index contributed by atoms with van der Waals surface area (Å²) in [6, 6.07) is 23.2. The number of methoxy groups -OCH3 is 1. The summed E-state index contributed by atoms with van der Waals surface area (Å²) in [5.74, 6) is -2.67. The molecule has 2 amide bonds. The molecule has 0 unspecified atom stereocenters. The Labute approximate surface area is 229 Å². The molecule has 202 valence electrons. The van der Waals surface area contributed by atoms with Gasteiger partial charge in [0.25, 0.3) is 5.78 Å². The first kappa shape index (κ1) is 27.8. The molecular formula is C32H34N2O5. The maximum absolute atomic E-state index is 13.4. The third-order valence-electron chi connectivity index (χ3n) is 7.01. The Bertz CT molecular complexity index is 1310.